The molecule has 0 fully saturated rings. The van der Waals surface area contributed by atoms with Gasteiger partial charge in [-0.15, -0.1) is 0 Å². The maximum Gasteiger partial charge on any atom is 0.172 e. The summed E-state index contributed by atoms with van der Waals surface area (Å²) in [7, 11) is 0. The maximum absolute atomic E-state index is 8.98. The summed E-state index contributed by atoms with van der Waals surface area (Å²) >= 11 is 1.58. The van der Waals surface area contributed by atoms with E-state index in [0.29, 0.717) is 5.56 Å². The van der Waals surface area contributed by atoms with E-state index in [9.17, 15) is 0 Å². The highest BCUT2D eigenvalue weighted by Gasteiger charge is 2.13. The van der Waals surface area contributed by atoms with Crippen LogP contribution in [0.15, 0.2) is 75.7 Å². The van der Waals surface area contributed by atoms with Gasteiger partial charge in [0.05, 0.1) is 11.1 Å². The number of hydrogen-bond acceptors (Lipinski definition) is 4. The number of oxime groups is 1. The Hall–Kier alpha value is -2.53. The molecule has 4 nitrogen and oxygen atoms in total. The van der Waals surface area contributed by atoms with E-state index in [1.54, 1.807) is 18.0 Å². The topological polar surface area (TPSA) is 71.5 Å². The van der Waals surface area contributed by atoms with Crippen LogP contribution >= 0.6 is 11.8 Å². The van der Waals surface area contributed by atoms with Crippen LogP contribution in [0.2, 0.25) is 0 Å². The molecule has 0 saturated carbocycles. The van der Waals surface area contributed by atoms with E-state index in [4.69, 9.17) is 10.9 Å². The molecular weight excluding hydrogens is 282 g/mol. The number of benzene rings is 2. The van der Waals surface area contributed by atoms with Crippen LogP contribution in [-0.2, 0) is 0 Å². The highest BCUT2D eigenvalue weighted by Crippen LogP contribution is 2.35. The minimum Gasteiger partial charge on any atom is -0.409 e. The Balaban J connectivity index is 2.21. The van der Waals surface area contributed by atoms with Crippen molar-refractivity contribution in [2.24, 2.45) is 10.9 Å². The van der Waals surface area contributed by atoms with E-state index in [0.717, 1.165) is 20.7 Å². The van der Waals surface area contributed by atoms with Crippen molar-refractivity contribution in [3.05, 3.63) is 66.4 Å². The number of pyridine rings is 1. The molecule has 0 atom stereocenters. The van der Waals surface area contributed by atoms with Gasteiger partial charge in [-0.05, 0) is 18.2 Å². The Morgan fingerprint density at radius 1 is 1.05 bits per heavy atom. The zero-order valence-corrected chi connectivity index (χ0v) is 11.9. The zero-order valence-electron chi connectivity index (χ0n) is 11.1. The van der Waals surface area contributed by atoms with Gasteiger partial charge in [0.25, 0.3) is 0 Å². The summed E-state index contributed by atoms with van der Waals surface area (Å²) in [5.41, 5.74) is 7.30. The number of hydrogen-bond donors (Lipinski definition) is 2. The Morgan fingerprint density at radius 3 is 2.52 bits per heavy atom. The van der Waals surface area contributed by atoms with Gasteiger partial charge >= 0.3 is 0 Å². The second-order valence-electron chi connectivity index (χ2n) is 4.42. The van der Waals surface area contributed by atoms with Gasteiger partial charge in [-0.3, -0.25) is 4.98 Å². The van der Waals surface area contributed by atoms with Gasteiger partial charge in [0.15, 0.2) is 5.84 Å². The van der Waals surface area contributed by atoms with Crippen molar-refractivity contribution >= 4 is 28.5 Å². The van der Waals surface area contributed by atoms with Gasteiger partial charge in [-0.2, -0.15) is 0 Å². The molecule has 3 N–H and O–H groups in total. The number of nitrogens with two attached hydrogens (primary N) is 1. The van der Waals surface area contributed by atoms with Crippen molar-refractivity contribution in [1.82, 2.24) is 4.98 Å². The minimum absolute atomic E-state index is 0.0617. The SMILES string of the molecule is N/C(=N\O)c1cnc2ccccc2c1Sc1ccccc1. The third kappa shape index (κ3) is 2.68. The first-order valence-electron chi connectivity index (χ1n) is 6.38. The van der Waals surface area contributed by atoms with Crippen LogP contribution in [0.1, 0.15) is 5.56 Å². The standard InChI is InChI=1S/C16H13N3OS/c17-16(19-20)13-10-18-14-9-5-4-8-12(14)15(13)21-11-6-2-1-3-7-11/h1-10,20H,(H2,17,19). The number of amidine groups is 1. The minimum atomic E-state index is 0.0617. The molecule has 0 amide bonds. The van der Waals surface area contributed by atoms with Gasteiger partial charge in [0.1, 0.15) is 0 Å². The summed E-state index contributed by atoms with van der Waals surface area (Å²) in [6, 6.07) is 17.8. The van der Waals surface area contributed by atoms with Crippen molar-refractivity contribution in [1.29, 1.82) is 0 Å². The maximum atomic E-state index is 8.98. The van der Waals surface area contributed by atoms with Crippen molar-refractivity contribution in [3.8, 4) is 0 Å². The molecule has 3 rings (SSSR count). The normalized spacial score (nSPS) is 11.7. The van der Waals surface area contributed by atoms with Crippen molar-refractivity contribution in [2.75, 3.05) is 0 Å². The largest absolute Gasteiger partial charge is 0.409 e. The summed E-state index contributed by atoms with van der Waals surface area (Å²) in [6.07, 6.45) is 1.64. The molecular formula is C16H13N3OS. The summed E-state index contributed by atoms with van der Waals surface area (Å²) in [4.78, 5) is 6.38. The van der Waals surface area contributed by atoms with E-state index in [1.807, 2.05) is 54.6 Å². The lowest BCUT2D eigenvalue weighted by Crippen LogP contribution is -2.14. The molecule has 0 bridgehead atoms. The van der Waals surface area contributed by atoms with Crippen LogP contribution in [0, 0.1) is 0 Å². The molecule has 3 aromatic rings. The van der Waals surface area contributed by atoms with Crippen LogP contribution in [0.4, 0.5) is 0 Å². The van der Waals surface area contributed by atoms with Crippen molar-refractivity contribution < 1.29 is 5.21 Å². The number of nitrogens with zero attached hydrogens (tertiary/aromatic N) is 2. The fourth-order valence-electron chi connectivity index (χ4n) is 2.07. The Labute approximate surface area is 126 Å². The Bertz CT molecular complexity index is 803. The monoisotopic (exact) mass is 295 g/mol. The van der Waals surface area contributed by atoms with Crippen molar-refractivity contribution in [3.63, 3.8) is 0 Å². The molecule has 0 radical (unpaired) electrons. The number of para-hydroxylation sites is 1. The van der Waals surface area contributed by atoms with Gasteiger partial charge in [-0.25, -0.2) is 0 Å². The van der Waals surface area contributed by atoms with Crippen molar-refractivity contribution in [2.45, 2.75) is 9.79 Å². The average Bonchev–Trinajstić information content (AvgIpc) is 2.55. The number of aromatic nitrogens is 1. The highest BCUT2D eigenvalue weighted by atomic mass is 32.2. The molecule has 0 saturated heterocycles. The predicted octanol–water partition coefficient (Wildman–Crippen LogP) is 3.48. The lowest BCUT2D eigenvalue weighted by Gasteiger charge is -2.11. The van der Waals surface area contributed by atoms with Gasteiger partial charge in [0.2, 0.25) is 0 Å². The zero-order chi connectivity index (χ0) is 14.7. The van der Waals surface area contributed by atoms with Crippen LogP contribution in [0.3, 0.4) is 0 Å². The van der Waals surface area contributed by atoms with E-state index in [1.165, 1.54) is 0 Å². The first-order valence-corrected chi connectivity index (χ1v) is 7.20. The number of fused-ring (bicyclic) bond motifs is 1. The molecule has 0 unspecified atom stereocenters. The Kier molecular flexibility index (Phi) is 3.75. The second-order valence-corrected chi connectivity index (χ2v) is 5.50. The molecule has 104 valence electrons. The van der Waals surface area contributed by atoms with Gasteiger partial charge in [-0.1, -0.05) is 53.3 Å². The van der Waals surface area contributed by atoms with E-state index in [2.05, 4.69) is 10.1 Å². The van der Waals surface area contributed by atoms with Crippen LogP contribution in [0.5, 0.6) is 0 Å². The highest BCUT2D eigenvalue weighted by molar-refractivity contribution is 7.99. The lowest BCUT2D eigenvalue weighted by molar-refractivity contribution is 0.318. The first kappa shape index (κ1) is 13.5. The van der Waals surface area contributed by atoms with Gasteiger partial charge in [0, 0.05) is 21.4 Å². The molecule has 1 aromatic heterocycles. The molecule has 2 aromatic carbocycles. The molecule has 0 aliphatic heterocycles. The summed E-state index contributed by atoms with van der Waals surface area (Å²) < 4.78 is 0. The van der Waals surface area contributed by atoms with E-state index in [-0.39, 0.29) is 5.84 Å². The first-order chi connectivity index (χ1) is 10.3. The smallest absolute Gasteiger partial charge is 0.172 e. The molecule has 1 heterocycles. The molecule has 5 heteroatoms. The van der Waals surface area contributed by atoms with E-state index < -0.39 is 0 Å². The van der Waals surface area contributed by atoms with Crippen LogP contribution in [0.25, 0.3) is 10.9 Å². The molecule has 0 aliphatic carbocycles. The molecule has 0 spiro atoms. The number of rotatable bonds is 3. The van der Waals surface area contributed by atoms with E-state index >= 15 is 0 Å². The summed E-state index contributed by atoms with van der Waals surface area (Å²) in [6.45, 7) is 0. The summed E-state index contributed by atoms with van der Waals surface area (Å²) in [5, 5.41) is 13.1. The van der Waals surface area contributed by atoms with Crippen LogP contribution in [-0.4, -0.2) is 16.0 Å². The third-order valence-electron chi connectivity index (χ3n) is 3.07. The Morgan fingerprint density at radius 2 is 1.76 bits per heavy atom. The molecule has 0 aliphatic rings. The quantitative estimate of drug-likeness (QED) is 0.336. The summed E-state index contributed by atoms with van der Waals surface area (Å²) in [5.74, 6) is 0.0617. The lowest BCUT2D eigenvalue weighted by atomic mass is 10.1. The molecule has 21 heavy (non-hydrogen) atoms. The third-order valence-corrected chi connectivity index (χ3v) is 4.22. The average molecular weight is 295 g/mol. The van der Waals surface area contributed by atoms with Gasteiger partial charge < -0.3 is 10.9 Å². The fraction of sp³-hybridized carbons (Fsp3) is 0. The predicted molar refractivity (Wildman–Crippen MR) is 84.8 cm³/mol. The second kappa shape index (κ2) is 5.85. The fourth-order valence-corrected chi connectivity index (χ4v) is 3.15. The van der Waals surface area contributed by atoms with Crippen LogP contribution < -0.4 is 5.73 Å².